The van der Waals surface area contributed by atoms with E-state index in [0.29, 0.717) is 22.0 Å². The van der Waals surface area contributed by atoms with Crippen LogP contribution < -0.4 is 9.47 Å². The fourth-order valence-electron chi connectivity index (χ4n) is 2.55. The average Bonchev–Trinajstić information content (AvgIpc) is 3.02. The monoisotopic (exact) mass is 372 g/mol. The number of imidazole rings is 1. The Balaban J connectivity index is 1.85. The Hall–Kier alpha value is -2.51. The molecule has 0 radical (unpaired) electrons. The van der Waals surface area contributed by atoms with Crippen LogP contribution in [0.1, 0.15) is 0 Å². The summed E-state index contributed by atoms with van der Waals surface area (Å²) in [7, 11) is 3.17. The summed E-state index contributed by atoms with van der Waals surface area (Å²) >= 11 is 7.49. The SMILES string of the molecule is COc1cc2nc(Cl)nc(Sc3nc4ccccc4[nH]3)c2cc1OC. The minimum absolute atomic E-state index is 0.165. The minimum atomic E-state index is 0.165. The van der Waals surface area contributed by atoms with Gasteiger partial charge in [-0.2, -0.15) is 0 Å². The third kappa shape index (κ3) is 2.96. The van der Waals surface area contributed by atoms with E-state index in [1.165, 1.54) is 11.8 Å². The molecule has 0 spiro atoms. The standard InChI is InChI=1S/C17H13ClN4O2S/c1-23-13-7-9-12(8-14(13)24-2)19-16(18)22-15(9)25-17-20-10-5-3-4-6-11(10)21-17/h3-8H,1-2H3,(H,20,21). The predicted molar refractivity (Wildman–Crippen MR) is 97.9 cm³/mol. The largest absolute Gasteiger partial charge is 0.493 e. The van der Waals surface area contributed by atoms with Crippen molar-refractivity contribution in [2.45, 2.75) is 10.2 Å². The van der Waals surface area contributed by atoms with Gasteiger partial charge in [-0.1, -0.05) is 12.1 Å². The summed E-state index contributed by atoms with van der Waals surface area (Å²) in [5.74, 6) is 1.19. The van der Waals surface area contributed by atoms with Gasteiger partial charge in [0.2, 0.25) is 5.28 Å². The van der Waals surface area contributed by atoms with E-state index >= 15 is 0 Å². The highest BCUT2D eigenvalue weighted by molar-refractivity contribution is 7.99. The number of aromatic amines is 1. The van der Waals surface area contributed by atoms with E-state index < -0.39 is 0 Å². The smallest absolute Gasteiger partial charge is 0.224 e. The van der Waals surface area contributed by atoms with Gasteiger partial charge < -0.3 is 14.5 Å². The van der Waals surface area contributed by atoms with Crippen LogP contribution in [-0.4, -0.2) is 34.2 Å². The Morgan fingerprint density at radius 2 is 1.72 bits per heavy atom. The second-order valence-corrected chi connectivity index (χ2v) is 6.50. The molecule has 4 aromatic rings. The van der Waals surface area contributed by atoms with Crippen LogP contribution >= 0.6 is 23.4 Å². The molecule has 0 bridgehead atoms. The lowest BCUT2D eigenvalue weighted by Gasteiger charge is -2.10. The van der Waals surface area contributed by atoms with Crippen LogP contribution in [0.2, 0.25) is 5.28 Å². The third-order valence-electron chi connectivity index (χ3n) is 3.70. The number of hydrogen-bond acceptors (Lipinski definition) is 6. The molecule has 4 rings (SSSR count). The normalized spacial score (nSPS) is 11.2. The van der Waals surface area contributed by atoms with Gasteiger partial charge in [-0.15, -0.1) is 0 Å². The van der Waals surface area contributed by atoms with Gasteiger partial charge in [0.25, 0.3) is 0 Å². The highest BCUT2D eigenvalue weighted by Gasteiger charge is 2.15. The van der Waals surface area contributed by atoms with E-state index in [-0.39, 0.29) is 5.28 Å². The van der Waals surface area contributed by atoms with Gasteiger partial charge in [0, 0.05) is 11.5 Å². The number of halogens is 1. The summed E-state index contributed by atoms with van der Waals surface area (Å²) in [5, 5.41) is 2.40. The fourth-order valence-corrected chi connectivity index (χ4v) is 3.67. The zero-order valence-electron chi connectivity index (χ0n) is 13.4. The molecule has 2 aromatic carbocycles. The quantitative estimate of drug-likeness (QED) is 0.424. The molecule has 0 aliphatic carbocycles. The van der Waals surface area contributed by atoms with Crippen LogP contribution in [0.3, 0.4) is 0 Å². The Morgan fingerprint density at radius 1 is 0.960 bits per heavy atom. The van der Waals surface area contributed by atoms with Gasteiger partial charge in [0.15, 0.2) is 16.7 Å². The van der Waals surface area contributed by atoms with Crippen molar-refractivity contribution < 1.29 is 9.47 Å². The number of para-hydroxylation sites is 2. The molecule has 1 N–H and O–H groups in total. The maximum atomic E-state index is 6.10. The highest BCUT2D eigenvalue weighted by Crippen LogP contribution is 2.37. The zero-order chi connectivity index (χ0) is 17.4. The fraction of sp³-hybridized carbons (Fsp3) is 0.118. The van der Waals surface area contributed by atoms with Gasteiger partial charge in [-0.05, 0) is 41.6 Å². The zero-order valence-corrected chi connectivity index (χ0v) is 15.0. The third-order valence-corrected chi connectivity index (χ3v) is 4.76. The summed E-state index contributed by atoms with van der Waals surface area (Å²) in [4.78, 5) is 16.5. The maximum Gasteiger partial charge on any atom is 0.224 e. The number of rotatable bonds is 4. The molecule has 0 aliphatic rings. The summed E-state index contributed by atoms with van der Waals surface area (Å²) in [6, 6.07) is 11.5. The first-order valence-electron chi connectivity index (χ1n) is 7.40. The second-order valence-electron chi connectivity index (χ2n) is 5.18. The van der Waals surface area contributed by atoms with E-state index in [4.69, 9.17) is 21.1 Å². The Labute approximate surface area is 152 Å². The van der Waals surface area contributed by atoms with E-state index in [1.54, 1.807) is 20.3 Å². The molecule has 2 heterocycles. The molecule has 0 aliphatic heterocycles. The lowest BCUT2D eigenvalue weighted by Crippen LogP contribution is -1.95. The summed E-state index contributed by atoms with van der Waals surface area (Å²) in [5.41, 5.74) is 2.54. The Bertz CT molecular complexity index is 1050. The molecule has 0 unspecified atom stereocenters. The van der Waals surface area contributed by atoms with Crippen LogP contribution in [0, 0.1) is 0 Å². The van der Waals surface area contributed by atoms with Crippen LogP contribution in [0.4, 0.5) is 0 Å². The van der Waals surface area contributed by atoms with Gasteiger partial charge in [-0.25, -0.2) is 15.0 Å². The van der Waals surface area contributed by atoms with E-state index in [1.807, 2.05) is 30.3 Å². The van der Waals surface area contributed by atoms with Crippen molar-refractivity contribution in [2.75, 3.05) is 14.2 Å². The number of methoxy groups -OCH3 is 2. The number of nitrogens with one attached hydrogen (secondary N) is 1. The molecule has 0 saturated heterocycles. The van der Waals surface area contributed by atoms with Gasteiger partial charge in [0.05, 0.1) is 30.8 Å². The predicted octanol–water partition coefficient (Wildman–Crippen LogP) is 4.33. The van der Waals surface area contributed by atoms with Crippen molar-refractivity contribution in [1.29, 1.82) is 0 Å². The number of benzene rings is 2. The van der Waals surface area contributed by atoms with Crippen LogP contribution in [0.5, 0.6) is 11.5 Å². The van der Waals surface area contributed by atoms with E-state index in [9.17, 15) is 0 Å². The first kappa shape index (κ1) is 16.0. The van der Waals surface area contributed by atoms with Gasteiger partial charge >= 0.3 is 0 Å². The molecule has 8 heteroatoms. The molecule has 6 nitrogen and oxygen atoms in total. The number of fused-ring (bicyclic) bond motifs is 2. The van der Waals surface area contributed by atoms with E-state index in [0.717, 1.165) is 21.6 Å². The van der Waals surface area contributed by atoms with Crippen molar-refractivity contribution in [2.24, 2.45) is 0 Å². The minimum Gasteiger partial charge on any atom is -0.493 e. The molecule has 2 aromatic heterocycles. The molecule has 0 saturated carbocycles. The topological polar surface area (TPSA) is 72.9 Å². The molecule has 25 heavy (non-hydrogen) atoms. The van der Waals surface area contributed by atoms with Crippen molar-refractivity contribution in [3.8, 4) is 11.5 Å². The second kappa shape index (κ2) is 6.42. The van der Waals surface area contributed by atoms with Crippen LogP contribution in [0.15, 0.2) is 46.6 Å². The first-order valence-corrected chi connectivity index (χ1v) is 8.59. The number of nitrogens with zero attached hydrogens (tertiary/aromatic N) is 3. The van der Waals surface area contributed by atoms with Gasteiger partial charge in [0.1, 0.15) is 5.03 Å². The molecule has 0 atom stereocenters. The van der Waals surface area contributed by atoms with Gasteiger partial charge in [-0.3, -0.25) is 0 Å². The maximum absolute atomic E-state index is 6.10. The van der Waals surface area contributed by atoms with Crippen molar-refractivity contribution in [3.05, 3.63) is 41.7 Å². The number of ether oxygens (including phenoxy) is 2. The summed E-state index contributed by atoms with van der Waals surface area (Å²) in [6.45, 7) is 0. The summed E-state index contributed by atoms with van der Waals surface area (Å²) in [6.07, 6.45) is 0. The first-order chi connectivity index (χ1) is 12.2. The van der Waals surface area contributed by atoms with Crippen molar-refractivity contribution in [3.63, 3.8) is 0 Å². The summed E-state index contributed by atoms with van der Waals surface area (Å²) < 4.78 is 10.7. The Morgan fingerprint density at radius 3 is 2.48 bits per heavy atom. The van der Waals surface area contributed by atoms with E-state index in [2.05, 4.69) is 19.9 Å². The lowest BCUT2D eigenvalue weighted by molar-refractivity contribution is 0.355. The molecular weight excluding hydrogens is 360 g/mol. The molecule has 0 fully saturated rings. The lowest BCUT2D eigenvalue weighted by atomic mass is 10.2. The highest BCUT2D eigenvalue weighted by atomic mass is 35.5. The molecular formula is C17H13ClN4O2S. The number of hydrogen-bond donors (Lipinski definition) is 1. The van der Waals surface area contributed by atoms with Crippen LogP contribution in [0.25, 0.3) is 21.9 Å². The number of aromatic nitrogens is 4. The van der Waals surface area contributed by atoms with Crippen LogP contribution in [-0.2, 0) is 0 Å². The Kier molecular flexibility index (Phi) is 4.10. The molecule has 0 amide bonds. The average molecular weight is 373 g/mol. The van der Waals surface area contributed by atoms with Crippen molar-refractivity contribution in [1.82, 2.24) is 19.9 Å². The number of H-pyrrole nitrogens is 1. The van der Waals surface area contributed by atoms with Crippen molar-refractivity contribution >= 4 is 45.3 Å². The molecule has 126 valence electrons.